The summed E-state index contributed by atoms with van der Waals surface area (Å²) in [7, 11) is 0. The highest BCUT2D eigenvalue weighted by atomic mass is 35.5. The van der Waals surface area contributed by atoms with Crippen molar-refractivity contribution >= 4 is 28.9 Å². The molecule has 0 aliphatic heterocycles. The number of nitro groups is 1. The largest absolute Gasteiger partial charge is 0.288 e. The fourth-order valence-corrected chi connectivity index (χ4v) is 1.71. The van der Waals surface area contributed by atoms with E-state index in [1.165, 1.54) is 19.1 Å². The number of aromatic amines is 1. The van der Waals surface area contributed by atoms with E-state index in [2.05, 4.69) is 25.7 Å². The molecule has 1 heterocycles. The third kappa shape index (κ3) is 3.44. The van der Waals surface area contributed by atoms with Crippen LogP contribution in [0.2, 0.25) is 5.02 Å². The first-order valence-corrected chi connectivity index (χ1v) is 6.44. The van der Waals surface area contributed by atoms with Crippen LogP contribution in [0.4, 0.5) is 11.6 Å². The van der Waals surface area contributed by atoms with E-state index in [4.69, 9.17) is 11.6 Å². The molecule has 10 heteroatoms. The molecule has 0 saturated heterocycles. The minimum atomic E-state index is -0.574. The average Bonchev–Trinajstić information content (AvgIpc) is 2.48. The minimum Gasteiger partial charge on any atom is -0.288 e. The lowest BCUT2D eigenvalue weighted by molar-refractivity contribution is -0.384. The van der Waals surface area contributed by atoms with E-state index in [-0.39, 0.29) is 27.9 Å². The van der Waals surface area contributed by atoms with Crippen LogP contribution < -0.4 is 11.0 Å². The number of H-pyrrole nitrogens is 1. The summed E-state index contributed by atoms with van der Waals surface area (Å²) < 4.78 is 0. The Morgan fingerprint density at radius 1 is 1.45 bits per heavy atom. The highest BCUT2D eigenvalue weighted by molar-refractivity contribution is 6.32. The van der Waals surface area contributed by atoms with Crippen molar-refractivity contribution in [2.75, 3.05) is 5.43 Å². The second kappa shape index (κ2) is 6.31. The summed E-state index contributed by atoms with van der Waals surface area (Å²) in [5, 5.41) is 22.2. The summed E-state index contributed by atoms with van der Waals surface area (Å²) in [6.45, 7) is 3.16. The van der Waals surface area contributed by atoms with Gasteiger partial charge in [0.1, 0.15) is 10.7 Å². The second-order valence-electron chi connectivity index (χ2n) is 4.32. The maximum absolute atomic E-state index is 11.4. The van der Waals surface area contributed by atoms with E-state index in [0.717, 1.165) is 0 Å². The Kier molecular flexibility index (Phi) is 4.47. The van der Waals surface area contributed by atoms with Gasteiger partial charge in [-0.25, -0.2) is 5.43 Å². The molecule has 114 valence electrons. The van der Waals surface area contributed by atoms with Crippen LogP contribution in [0.25, 0.3) is 0 Å². The lowest BCUT2D eigenvalue weighted by Crippen LogP contribution is -2.16. The summed E-state index contributed by atoms with van der Waals surface area (Å²) in [5.74, 6) is 0.0680. The lowest BCUT2D eigenvalue weighted by atomic mass is 10.1. The Morgan fingerprint density at radius 2 is 2.18 bits per heavy atom. The van der Waals surface area contributed by atoms with Gasteiger partial charge in [-0.2, -0.15) is 5.10 Å². The molecule has 0 radical (unpaired) electrons. The molecule has 2 N–H and O–H groups in total. The summed E-state index contributed by atoms with van der Waals surface area (Å²) in [6.07, 6.45) is 0. The molecular weight excluding hydrogens is 312 g/mol. The van der Waals surface area contributed by atoms with Crippen molar-refractivity contribution in [3.63, 3.8) is 0 Å². The Hall–Kier alpha value is -2.81. The van der Waals surface area contributed by atoms with E-state index in [9.17, 15) is 14.9 Å². The van der Waals surface area contributed by atoms with Crippen LogP contribution in [0.1, 0.15) is 18.2 Å². The number of benzene rings is 1. The molecule has 0 unspecified atom stereocenters. The number of aromatic nitrogens is 3. The molecule has 1 aromatic heterocycles. The monoisotopic (exact) mass is 322 g/mol. The first-order valence-electron chi connectivity index (χ1n) is 6.06. The molecule has 22 heavy (non-hydrogen) atoms. The third-order valence-electron chi connectivity index (χ3n) is 2.75. The molecule has 0 aliphatic rings. The summed E-state index contributed by atoms with van der Waals surface area (Å²) in [6, 6.07) is 4.33. The molecule has 0 aliphatic carbocycles. The topological polar surface area (TPSA) is 126 Å². The minimum absolute atomic E-state index is 0.0447. The van der Waals surface area contributed by atoms with E-state index in [0.29, 0.717) is 11.3 Å². The molecule has 2 aromatic rings. The van der Waals surface area contributed by atoms with Gasteiger partial charge in [0.15, 0.2) is 0 Å². The van der Waals surface area contributed by atoms with Gasteiger partial charge in [0, 0.05) is 11.6 Å². The van der Waals surface area contributed by atoms with Crippen LogP contribution in [-0.2, 0) is 0 Å². The highest BCUT2D eigenvalue weighted by Gasteiger charge is 2.13. The van der Waals surface area contributed by atoms with Crippen molar-refractivity contribution < 1.29 is 4.92 Å². The van der Waals surface area contributed by atoms with Gasteiger partial charge < -0.3 is 0 Å². The molecule has 0 spiro atoms. The lowest BCUT2D eigenvalue weighted by Gasteiger charge is -2.03. The van der Waals surface area contributed by atoms with Crippen molar-refractivity contribution in [2.24, 2.45) is 5.10 Å². The SMILES string of the molecule is CC(=NNc1nnc(C)c(=O)[nH]1)c1ccc(Cl)c([N+](=O)[O-])c1. The maximum Gasteiger partial charge on any atom is 0.288 e. The number of anilines is 1. The van der Waals surface area contributed by atoms with E-state index in [1.54, 1.807) is 13.0 Å². The molecule has 9 nitrogen and oxygen atoms in total. The van der Waals surface area contributed by atoms with Gasteiger partial charge >= 0.3 is 0 Å². The predicted octanol–water partition coefficient (Wildman–Crippen LogP) is 1.87. The Balaban J connectivity index is 2.25. The Labute approximate surface area is 129 Å². The molecule has 0 saturated carbocycles. The number of halogens is 1. The normalized spacial score (nSPS) is 11.3. The van der Waals surface area contributed by atoms with E-state index in [1.807, 2.05) is 0 Å². The molecule has 0 fully saturated rings. The summed E-state index contributed by atoms with van der Waals surface area (Å²) >= 11 is 5.75. The number of nitrogens with zero attached hydrogens (tertiary/aromatic N) is 4. The standard InChI is InChI=1S/C12H11ClN6O3/c1-6(8-3-4-9(13)10(5-8)19(21)22)15-17-12-14-11(20)7(2)16-18-12/h3-5H,1-2H3,(H2,14,17,18,20). The van der Waals surface area contributed by atoms with Crippen LogP contribution in [0, 0.1) is 17.0 Å². The third-order valence-corrected chi connectivity index (χ3v) is 3.07. The van der Waals surface area contributed by atoms with E-state index >= 15 is 0 Å². The summed E-state index contributed by atoms with van der Waals surface area (Å²) in [5.41, 5.74) is 3.13. The van der Waals surface area contributed by atoms with Crippen LogP contribution >= 0.6 is 11.6 Å². The van der Waals surface area contributed by atoms with Crippen molar-refractivity contribution in [3.8, 4) is 0 Å². The number of hydrazone groups is 1. The number of rotatable bonds is 4. The van der Waals surface area contributed by atoms with Crippen LogP contribution in [0.15, 0.2) is 28.1 Å². The van der Waals surface area contributed by atoms with Gasteiger partial charge in [-0.05, 0) is 19.9 Å². The first-order chi connectivity index (χ1) is 10.4. The molecule has 0 amide bonds. The fraction of sp³-hybridized carbons (Fsp3) is 0.167. The molecule has 2 rings (SSSR count). The smallest absolute Gasteiger partial charge is 0.288 e. The van der Waals surface area contributed by atoms with Crippen LogP contribution in [0.5, 0.6) is 0 Å². The molecule has 0 bridgehead atoms. The summed E-state index contributed by atoms with van der Waals surface area (Å²) in [4.78, 5) is 24.1. The number of nitro benzene ring substituents is 1. The van der Waals surface area contributed by atoms with Crippen molar-refractivity contribution in [2.45, 2.75) is 13.8 Å². The van der Waals surface area contributed by atoms with Crippen molar-refractivity contribution in [1.82, 2.24) is 15.2 Å². The van der Waals surface area contributed by atoms with Crippen molar-refractivity contribution in [3.05, 3.63) is 54.9 Å². The number of hydrogen-bond donors (Lipinski definition) is 2. The highest BCUT2D eigenvalue weighted by Crippen LogP contribution is 2.25. The zero-order valence-electron chi connectivity index (χ0n) is 11.6. The maximum atomic E-state index is 11.4. The Morgan fingerprint density at radius 3 is 2.82 bits per heavy atom. The first kappa shape index (κ1) is 15.6. The van der Waals surface area contributed by atoms with Gasteiger partial charge in [-0.3, -0.25) is 19.9 Å². The average molecular weight is 323 g/mol. The van der Waals surface area contributed by atoms with Crippen LogP contribution in [0.3, 0.4) is 0 Å². The molecular formula is C12H11ClN6O3. The van der Waals surface area contributed by atoms with Crippen molar-refractivity contribution in [1.29, 1.82) is 0 Å². The predicted molar refractivity (Wildman–Crippen MR) is 81.3 cm³/mol. The van der Waals surface area contributed by atoms with Gasteiger partial charge in [0.25, 0.3) is 11.2 Å². The molecule has 1 aromatic carbocycles. The van der Waals surface area contributed by atoms with Gasteiger partial charge in [0.05, 0.1) is 10.6 Å². The zero-order valence-corrected chi connectivity index (χ0v) is 12.4. The van der Waals surface area contributed by atoms with Gasteiger partial charge in [-0.1, -0.05) is 17.7 Å². The fourth-order valence-electron chi connectivity index (χ4n) is 1.52. The van der Waals surface area contributed by atoms with Gasteiger partial charge in [0.2, 0.25) is 5.95 Å². The quantitative estimate of drug-likeness (QED) is 0.502. The zero-order chi connectivity index (χ0) is 16.3. The van der Waals surface area contributed by atoms with Gasteiger partial charge in [-0.15, -0.1) is 10.2 Å². The molecule has 0 atom stereocenters. The van der Waals surface area contributed by atoms with Crippen LogP contribution in [-0.4, -0.2) is 25.8 Å². The Bertz CT molecular complexity index is 817. The number of nitrogens with one attached hydrogen (secondary N) is 2. The number of hydrogen-bond acceptors (Lipinski definition) is 7. The second-order valence-corrected chi connectivity index (χ2v) is 4.73. The van der Waals surface area contributed by atoms with E-state index < -0.39 is 4.92 Å². The number of aryl methyl sites for hydroxylation is 1.